The quantitative estimate of drug-likeness (QED) is 0.531. The van der Waals surface area contributed by atoms with Gasteiger partial charge >= 0.3 is 0 Å². The van der Waals surface area contributed by atoms with Crippen molar-refractivity contribution in [2.24, 2.45) is 0 Å². The monoisotopic (exact) mass is 342 g/mol. The van der Waals surface area contributed by atoms with Crippen molar-refractivity contribution in [1.29, 1.82) is 0 Å². The molecule has 0 unspecified atom stereocenters. The van der Waals surface area contributed by atoms with Gasteiger partial charge in [0.2, 0.25) is 0 Å². The molecular formula is C22H22N4. The standard InChI is InChI=1S/C22H22N4/c1-2-16-13-23-21-20(16)22(26-15-25-21)24-14-19(17-9-5-3-6-10-17)18-11-7-4-8-12-18/h3-13,15,19H,2,14H2,1H3,(H2,23,24,25,26). The van der Waals surface area contributed by atoms with E-state index in [1.807, 2.05) is 6.20 Å². The lowest BCUT2D eigenvalue weighted by Gasteiger charge is -2.19. The molecule has 0 spiro atoms. The number of nitrogens with zero attached hydrogens (tertiary/aromatic N) is 2. The van der Waals surface area contributed by atoms with E-state index in [1.54, 1.807) is 6.33 Å². The third-order valence-corrected chi connectivity index (χ3v) is 4.81. The summed E-state index contributed by atoms with van der Waals surface area (Å²) in [4.78, 5) is 12.1. The summed E-state index contributed by atoms with van der Waals surface area (Å²) in [6.45, 7) is 2.92. The Morgan fingerprint density at radius 1 is 0.923 bits per heavy atom. The molecule has 2 N–H and O–H groups in total. The van der Waals surface area contributed by atoms with Crippen molar-refractivity contribution in [2.45, 2.75) is 19.3 Å². The Kier molecular flexibility index (Phi) is 4.65. The van der Waals surface area contributed by atoms with Crippen LogP contribution in [0, 0.1) is 0 Å². The summed E-state index contributed by atoms with van der Waals surface area (Å²) in [6.07, 6.45) is 4.58. The number of aryl methyl sites for hydroxylation is 1. The first kappa shape index (κ1) is 16.3. The smallest absolute Gasteiger partial charge is 0.143 e. The van der Waals surface area contributed by atoms with Crippen LogP contribution in [0.3, 0.4) is 0 Å². The highest BCUT2D eigenvalue weighted by Gasteiger charge is 2.16. The number of rotatable bonds is 6. The fourth-order valence-corrected chi connectivity index (χ4v) is 3.44. The molecule has 4 aromatic rings. The number of H-pyrrole nitrogens is 1. The van der Waals surface area contributed by atoms with Crippen molar-refractivity contribution in [2.75, 3.05) is 11.9 Å². The van der Waals surface area contributed by atoms with Crippen LogP contribution in [0.5, 0.6) is 0 Å². The minimum atomic E-state index is 0.256. The number of aromatic nitrogens is 3. The van der Waals surface area contributed by atoms with Gasteiger partial charge in [-0.05, 0) is 23.1 Å². The topological polar surface area (TPSA) is 53.6 Å². The molecule has 4 rings (SSSR count). The molecule has 0 fully saturated rings. The summed E-state index contributed by atoms with van der Waals surface area (Å²) in [5.74, 6) is 1.15. The molecule has 0 radical (unpaired) electrons. The Morgan fingerprint density at radius 2 is 1.58 bits per heavy atom. The molecule has 0 saturated carbocycles. The lowest BCUT2D eigenvalue weighted by atomic mass is 9.91. The Morgan fingerprint density at radius 3 is 2.19 bits per heavy atom. The highest BCUT2D eigenvalue weighted by molar-refractivity contribution is 5.90. The third kappa shape index (κ3) is 3.18. The van der Waals surface area contributed by atoms with E-state index in [9.17, 15) is 0 Å². The van der Waals surface area contributed by atoms with Crippen LogP contribution < -0.4 is 5.32 Å². The Bertz CT molecular complexity index is 937. The normalized spacial score (nSPS) is 11.2. The second-order valence-electron chi connectivity index (χ2n) is 6.37. The van der Waals surface area contributed by atoms with Crippen molar-refractivity contribution < 1.29 is 0 Å². The largest absolute Gasteiger partial charge is 0.368 e. The molecule has 2 heterocycles. The second-order valence-corrected chi connectivity index (χ2v) is 6.37. The van der Waals surface area contributed by atoms with Crippen molar-refractivity contribution in [1.82, 2.24) is 15.0 Å². The highest BCUT2D eigenvalue weighted by atomic mass is 15.0. The van der Waals surface area contributed by atoms with Crippen LogP contribution in [0.15, 0.2) is 73.2 Å². The maximum Gasteiger partial charge on any atom is 0.143 e. The summed E-state index contributed by atoms with van der Waals surface area (Å²) in [5.41, 5.74) is 4.71. The molecule has 0 aliphatic carbocycles. The highest BCUT2D eigenvalue weighted by Crippen LogP contribution is 2.27. The first-order chi connectivity index (χ1) is 12.9. The van der Waals surface area contributed by atoms with Crippen LogP contribution in [0.25, 0.3) is 11.0 Å². The van der Waals surface area contributed by atoms with Gasteiger partial charge in [-0.2, -0.15) is 0 Å². The van der Waals surface area contributed by atoms with Crippen LogP contribution in [-0.4, -0.2) is 21.5 Å². The number of anilines is 1. The van der Waals surface area contributed by atoms with Gasteiger partial charge in [-0.1, -0.05) is 67.6 Å². The molecule has 4 nitrogen and oxygen atoms in total. The average molecular weight is 342 g/mol. The second kappa shape index (κ2) is 7.40. The number of hydrogen-bond acceptors (Lipinski definition) is 3. The number of aromatic amines is 1. The first-order valence-electron chi connectivity index (χ1n) is 9.01. The number of hydrogen-bond donors (Lipinski definition) is 2. The van der Waals surface area contributed by atoms with E-state index in [4.69, 9.17) is 0 Å². The molecule has 4 heteroatoms. The number of fused-ring (bicyclic) bond motifs is 1. The molecule has 130 valence electrons. The van der Waals surface area contributed by atoms with Gasteiger partial charge in [-0.3, -0.25) is 0 Å². The molecule has 0 amide bonds. The molecular weight excluding hydrogens is 320 g/mol. The van der Waals surface area contributed by atoms with Gasteiger partial charge in [0.05, 0.1) is 5.39 Å². The third-order valence-electron chi connectivity index (χ3n) is 4.81. The summed E-state index contributed by atoms with van der Waals surface area (Å²) in [6, 6.07) is 21.2. The van der Waals surface area contributed by atoms with Crippen LogP contribution >= 0.6 is 0 Å². The molecule has 2 aromatic carbocycles. The van der Waals surface area contributed by atoms with E-state index in [0.29, 0.717) is 0 Å². The first-order valence-corrected chi connectivity index (χ1v) is 9.01. The SMILES string of the molecule is CCc1c[nH]c2ncnc(NCC(c3ccccc3)c3ccccc3)c12. The van der Waals surface area contributed by atoms with Crippen LogP contribution in [0.1, 0.15) is 29.5 Å². The Labute approximate surface area is 153 Å². The molecule has 0 atom stereocenters. The van der Waals surface area contributed by atoms with Gasteiger partial charge in [-0.25, -0.2) is 9.97 Å². The van der Waals surface area contributed by atoms with Crippen LogP contribution in [0.2, 0.25) is 0 Å². The molecule has 2 aromatic heterocycles. The lowest BCUT2D eigenvalue weighted by Crippen LogP contribution is -2.15. The molecule has 0 aliphatic rings. The zero-order valence-corrected chi connectivity index (χ0v) is 14.8. The van der Waals surface area contributed by atoms with Gasteiger partial charge < -0.3 is 10.3 Å². The van der Waals surface area contributed by atoms with Gasteiger partial charge in [0.1, 0.15) is 17.8 Å². The van der Waals surface area contributed by atoms with Crippen molar-refractivity contribution in [3.05, 3.63) is 89.9 Å². The van der Waals surface area contributed by atoms with E-state index in [1.165, 1.54) is 16.7 Å². The van der Waals surface area contributed by atoms with E-state index in [0.717, 1.165) is 29.8 Å². The number of benzene rings is 2. The lowest BCUT2D eigenvalue weighted by molar-refractivity contribution is 0.849. The fraction of sp³-hybridized carbons (Fsp3) is 0.182. The summed E-state index contributed by atoms with van der Waals surface area (Å²) >= 11 is 0. The minimum Gasteiger partial charge on any atom is -0.368 e. The predicted octanol–water partition coefficient (Wildman–Crippen LogP) is 4.76. The van der Waals surface area contributed by atoms with E-state index < -0.39 is 0 Å². The zero-order chi connectivity index (χ0) is 17.8. The van der Waals surface area contributed by atoms with Gasteiger partial charge in [0, 0.05) is 18.7 Å². The Balaban J connectivity index is 1.67. The van der Waals surface area contributed by atoms with Crippen molar-refractivity contribution >= 4 is 16.9 Å². The fourth-order valence-electron chi connectivity index (χ4n) is 3.44. The molecule has 26 heavy (non-hydrogen) atoms. The Hall–Kier alpha value is -3.14. The molecule has 0 aliphatic heterocycles. The van der Waals surface area contributed by atoms with Crippen molar-refractivity contribution in [3.8, 4) is 0 Å². The van der Waals surface area contributed by atoms with E-state index >= 15 is 0 Å². The summed E-state index contributed by atoms with van der Waals surface area (Å²) in [5, 5.41) is 4.67. The summed E-state index contributed by atoms with van der Waals surface area (Å²) in [7, 11) is 0. The predicted molar refractivity (Wildman–Crippen MR) is 106 cm³/mol. The van der Waals surface area contributed by atoms with Gasteiger partial charge in [-0.15, -0.1) is 0 Å². The minimum absolute atomic E-state index is 0.256. The maximum atomic E-state index is 4.50. The number of nitrogens with one attached hydrogen (secondary N) is 2. The van der Waals surface area contributed by atoms with Gasteiger partial charge in [0.15, 0.2) is 0 Å². The summed E-state index contributed by atoms with van der Waals surface area (Å²) < 4.78 is 0. The molecule has 0 saturated heterocycles. The van der Waals surface area contributed by atoms with Crippen LogP contribution in [-0.2, 0) is 6.42 Å². The van der Waals surface area contributed by atoms with Gasteiger partial charge in [0.25, 0.3) is 0 Å². The van der Waals surface area contributed by atoms with Crippen molar-refractivity contribution in [3.63, 3.8) is 0 Å². The zero-order valence-electron chi connectivity index (χ0n) is 14.8. The van der Waals surface area contributed by atoms with E-state index in [-0.39, 0.29) is 5.92 Å². The van der Waals surface area contributed by atoms with E-state index in [2.05, 4.69) is 87.9 Å². The maximum absolute atomic E-state index is 4.50. The molecule has 0 bridgehead atoms. The average Bonchev–Trinajstić information content (AvgIpc) is 3.14. The van der Waals surface area contributed by atoms with Crippen LogP contribution in [0.4, 0.5) is 5.82 Å².